The third-order valence-electron chi connectivity index (χ3n) is 3.39. The highest BCUT2D eigenvalue weighted by Gasteiger charge is 2.38. The average molecular weight is 248 g/mol. The molecule has 1 aliphatic heterocycles. The Morgan fingerprint density at radius 3 is 2.33 bits per heavy atom. The number of rotatable bonds is 2. The van der Waals surface area contributed by atoms with Gasteiger partial charge in [0.15, 0.2) is 0 Å². The molecule has 1 fully saturated rings. The molecule has 0 aliphatic carbocycles. The molecular formula is C14H16O4. The van der Waals surface area contributed by atoms with Crippen molar-refractivity contribution >= 4 is 11.9 Å². The predicted molar refractivity (Wildman–Crippen MR) is 65.4 cm³/mol. The molecule has 0 unspecified atom stereocenters. The van der Waals surface area contributed by atoms with Gasteiger partial charge in [-0.2, -0.15) is 0 Å². The maximum atomic E-state index is 11.4. The van der Waals surface area contributed by atoms with E-state index in [9.17, 15) is 9.59 Å². The Morgan fingerprint density at radius 1 is 1.22 bits per heavy atom. The van der Waals surface area contributed by atoms with E-state index in [0.717, 1.165) is 16.9 Å². The van der Waals surface area contributed by atoms with Crippen LogP contribution in [0.2, 0.25) is 0 Å². The summed E-state index contributed by atoms with van der Waals surface area (Å²) in [5.74, 6) is -0.114. The summed E-state index contributed by atoms with van der Waals surface area (Å²) in [6.45, 7) is 3.85. The van der Waals surface area contributed by atoms with Crippen LogP contribution in [-0.2, 0) is 19.7 Å². The molecule has 2 rings (SSSR count). The molecule has 96 valence electrons. The topological polar surface area (TPSA) is 52.6 Å². The fraction of sp³-hybridized carbons (Fsp3) is 0.429. The van der Waals surface area contributed by atoms with E-state index >= 15 is 0 Å². The summed E-state index contributed by atoms with van der Waals surface area (Å²) in [5, 5.41) is 0. The summed E-state index contributed by atoms with van der Waals surface area (Å²) >= 11 is 0. The standard InChI is InChI=1S/C14H16O4/c1-9-6-10(4-5-11(9)17-3)14(2)7-12(15)18-13(16)8-14/h4-6H,7-8H2,1-3H3. The lowest BCUT2D eigenvalue weighted by Crippen LogP contribution is -2.36. The van der Waals surface area contributed by atoms with Crippen LogP contribution >= 0.6 is 0 Å². The van der Waals surface area contributed by atoms with Crippen LogP contribution in [0.1, 0.15) is 30.9 Å². The first-order valence-electron chi connectivity index (χ1n) is 5.83. The van der Waals surface area contributed by atoms with Gasteiger partial charge in [0, 0.05) is 5.41 Å². The molecule has 4 nitrogen and oxygen atoms in total. The maximum Gasteiger partial charge on any atom is 0.314 e. The number of benzene rings is 1. The first-order chi connectivity index (χ1) is 8.44. The normalized spacial score (nSPS) is 18.4. The van der Waals surface area contributed by atoms with Gasteiger partial charge in [-0.3, -0.25) is 9.59 Å². The van der Waals surface area contributed by atoms with Gasteiger partial charge < -0.3 is 9.47 Å². The summed E-state index contributed by atoms with van der Waals surface area (Å²) in [4.78, 5) is 22.8. The Balaban J connectivity index is 2.37. The van der Waals surface area contributed by atoms with Gasteiger partial charge in [0.1, 0.15) is 5.75 Å². The summed E-state index contributed by atoms with van der Waals surface area (Å²) < 4.78 is 9.78. The summed E-state index contributed by atoms with van der Waals surface area (Å²) in [6, 6.07) is 5.72. The van der Waals surface area contributed by atoms with E-state index in [2.05, 4.69) is 4.74 Å². The van der Waals surface area contributed by atoms with Crippen LogP contribution in [0.4, 0.5) is 0 Å². The van der Waals surface area contributed by atoms with Crippen molar-refractivity contribution in [1.82, 2.24) is 0 Å². The molecule has 4 heteroatoms. The molecule has 0 spiro atoms. The number of esters is 2. The Bertz CT molecular complexity index is 489. The number of hydrogen-bond acceptors (Lipinski definition) is 4. The molecule has 0 N–H and O–H groups in total. The quantitative estimate of drug-likeness (QED) is 0.594. The molecule has 18 heavy (non-hydrogen) atoms. The van der Waals surface area contributed by atoms with Crippen molar-refractivity contribution in [3.63, 3.8) is 0 Å². The highest BCUT2D eigenvalue weighted by molar-refractivity contribution is 5.90. The van der Waals surface area contributed by atoms with E-state index in [1.807, 2.05) is 32.0 Å². The van der Waals surface area contributed by atoms with Crippen molar-refractivity contribution in [1.29, 1.82) is 0 Å². The predicted octanol–water partition coefficient (Wildman–Crippen LogP) is 2.12. The van der Waals surface area contributed by atoms with Gasteiger partial charge in [0.2, 0.25) is 0 Å². The van der Waals surface area contributed by atoms with Crippen LogP contribution in [0, 0.1) is 6.92 Å². The Morgan fingerprint density at radius 2 is 1.83 bits per heavy atom. The van der Waals surface area contributed by atoms with Gasteiger partial charge in [0.05, 0.1) is 20.0 Å². The van der Waals surface area contributed by atoms with Gasteiger partial charge in [-0.25, -0.2) is 0 Å². The number of hydrogen-bond donors (Lipinski definition) is 0. The van der Waals surface area contributed by atoms with Gasteiger partial charge in [0.25, 0.3) is 0 Å². The van der Waals surface area contributed by atoms with Crippen molar-refractivity contribution in [3.8, 4) is 5.75 Å². The number of carbonyl (C=O) groups is 2. The number of methoxy groups -OCH3 is 1. The molecule has 1 aliphatic rings. The largest absolute Gasteiger partial charge is 0.496 e. The van der Waals surface area contributed by atoms with Crippen LogP contribution in [0.5, 0.6) is 5.75 Å². The number of cyclic esters (lactones) is 2. The van der Waals surface area contributed by atoms with E-state index in [1.165, 1.54) is 0 Å². The minimum Gasteiger partial charge on any atom is -0.496 e. The van der Waals surface area contributed by atoms with Crippen LogP contribution in [0.25, 0.3) is 0 Å². The van der Waals surface area contributed by atoms with Gasteiger partial charge in [-0.15, -0.1) is 0 Å². The number of carbonyl (C=O) groups excluding carboxylic acids is 2. The van der Waals surface area contributed by atoms with E-state index in [-0.39, 0.29) is 12.8 Å². The number of ether oxygens (including phenoxy) is 2. The van der Waals surface area contributed by atoms with Crippen molar-refractivity contribution in [2.75, 3.05) is 7.11 Å². The molecule has 0 saturated carbocycles. The van der Waals surface area contributed by atoms with Crippen molar-refractivity contribution in [2.24, 2.45) is 0 Å². The first kappa shape index (κ1) is 12.6. The molecule has 1 aromatic carbocycles. The molecule has 0 atom stereocenters. The molecule has 1 heterocycles. The third kappa shape index (κ3) is 2.23. The second-order valence-corrected chi connectivity index (χ2v) is 4.94. The minimum atomic E-state index is -0.483. The highest BCUT2D eigenvalue weighted by atomic mass is 16.6. The van der Waals surface area contributed by atoms with E-state index < -0.39 is 17.4 Å². The average Bonchev–Trinajstić information content (AvgIpc) is 2.27. The van der Waals surface area contributed by atoms with Gasteiger partial charge in [-0.05, 0) is 24.1 Å². The van der Waals surface area contributed by atoms with Crippen molar-refractivity contribution < 1.29 is 19.1 Å². The SMILES string of the molecule is COc1ccc(C2(C)CC(=O)OC(=O)C2)cc1C. The van der Waals surface area contributed by atoms with E-state index in [0.29, 0.717) is 0 Å². The number of aryl methyl sites for hydroxylation is 1. The second-order valence-electron chi connectivity index (χ2n) is 4.94. The molecule has 0 aromatic heterocycles. The highest BCUT2D eigenvalue weighted by Crippen LogP contribution is 2.36. The lowest BCUT2D eigenvalue weighted by atomic mass is 9.75. The smallest absolute Gasteiger partial charge is 0.314 e. The van der Waals surface area contributed by atoms with E-state index in [1.54, 1.807) is 7.11 Å². The maximum absolute atomic E-state index is 11.4. The first-order valence-corrected chi connectivity index (χ1v) is 5.83. The Hall–Kier alpha value is -1.84. The van der Waals surface area contributed by atoms with E-state index in [4.69, 9.17) is 4.74 Å². The third-order valence-corrected chi connectivity index (χ3v) is 3.39. The van der Waals surface area contributed by atoms with Crippen molar-refractivity contribution in [2.45, 2.75) is 32.1 Å². The molecule has 1 saturated heterocycles. The van der Waals surface area contributed by atoms with Crippen molar-refractivity contribution in [3.05, 3.63) is 29.3 Å². The van der Waals surface area contributed by atoms with Gasteiger partial charge in [-0.1, -0.05) is 19.1 Å². The fourth-order valence-electron chi connectivity index (χ4n) is 2.36. The van der Waals surface area contributed by atoms with Gasteiger partial charge >= 0.3 is 11.9 Å². The monoisotopic (exact) mass is 248 g/mol. The molecule has 0 radical (unpaired) electrons. The summed E-state index contributed by atoms with van der Waals surface area (Å²) in [5.41, 5.74) is 1.47. The van der Waals surface area contributed by atoms with Crippen LogP contribution in [0.15, 0.2) is 18.2 Å². The molecule has 0 amide bonds. The second kappa shape index (κ2) is 4.44. The Kier molecular flexibility index (Phi) is 3.11. The zero-order valence-electron chi connectivity index (χ0n) is 10.8. The zero-order chi connectivity index (χ0) is 13.3. The summed E-state index contributed by atoms with van der Waals surface area (Å²) in [7, 11) is 1.62. The molecule has 1 aromatic rings. The molecular weight excluding hydrogens is 232 g/mol. The van der Waals surface area contributed by atoms with Crippen LogP contribution < -0.4 is 4.74 Å². The lowest BCUT2D eigenvalue weighted by molar-refractivity contribution is -0.166. The van der Waals surface area contributed by atoms with Crippen LogP contribution in [-0.4, -0.2) is 19.0 Å². The molecule has 0 bridgehead atoms. The Labute approximate surface area is 106 Å². The van der Waals surface area contributed by atoms with Crippen LogP contribution in [0.3, 0.4) is 0 Å². The minimum absolute atomic E-state index is 0.227. The fourth-order valence-corrected chi connectivity index (χ4v) is 2.36. The zero-order valence-corrected chi connectivity index (χ0v) is 10.8. The lowest BCUT2D eigenvalue weighted by Gasteiger charge is -2.31. The summed E-state index contributed by atoms with van der Waals surface area (Å²) in [6.07, 6.45) is 0.453.